The molecular weight excluding hydrogens is 214 g/mol. The number of hydrogen-bond acceptors (Lipinski definition) is 2. The number of fused-ring (bicyclic) bond motifs is 1. The highest BCUT2D eigenvalue weighted by Crippen LogP contribution is 2.31. The fourth-order valence-electron chi connectivity index (χ4n) is 1.59. The Balaban J connectivity index is 2.54. The first-order valence-corrected chi connectivity index (χ1v) is 4.72. The summed E-state index contributed by atoms with van der Waals surface area (Å²) in [4.78, 5) is 0. The second-order valence-corrected chi connectivity index (χ2v) is 3.23. The van der Waals surface area contributed by atoms with Crippen molar-refractivity contribution in [3.63, 3.8) is 0 Å². The lowest BCUT2D eigenvalue weighted by molar-refractivity contribution is -0.0498. The molecule has 0 heterocycles. The molecule has 0 N–H and O–H groups in total. The summed E-state index contributed by atoms with van der Waals surface area (Å²) >= 11 is 0. The molecule has 2 rings (SSSR count). The molecule has 0 saturated carbocycles. The predicted octanol–water partition coefficient (Wildman–Crippen LogP) is 3.45. The Morgan fingerprint density at radius 2 is 1.88 bits per heavy atom. The van der Waals surface area contributed by atoms with Crippen LogP contribution in [0, 0.1) is 0 Å². The van der Waals surface area contributed by atoms with Crippen LogP contribution in [-0.2, 0) is 0 Å². The van der Waals surface area contributed by atoms with Gasteiger partial charge in [-0.2, -0.15) is 8.78 Å². The highest BCUT2D eigenvalue weighted by molar-refractivity contribution is 5.89. The molecule has 84 valence electrons. The average molecular weight is 224 g/mol. The third kappa shape index (κ3) is 2.05. The molecule has 0 aliphatic heterocycles. The molecule has 0 spiro atoms. The van der Waals surface area contributed by atoms with Crippen molar-refractivity contribution >= 4 is 10.8 Å². The Labute approximate surface area is 91.4 Å². The molecule has 0 unspecified atom stereocenters. The van der Waals surface area contributed by atoms with Gasteiger partial charge in [0.2, 0.25) is 0 Å². The van der Waals surface area contributed by atoms with Crippen LogP contribution in [0.1, 0.15) is 0 Å². The van der Waals surface area contributed by atoms with Crippen molar-refractivity contribution in [1.29, 1.82) is 0 Å². The zero-order valence-electron chi connectivity index (χ0n) is 8.61. The maximum Gasteiger partial charge on any atom is 0.387 e. The summed E-state index contributed by atoms with van der Waals surface area (Å²) in [6.45, 7) is -2.83. The number of ether oxygens (including phenoxy) is 2. The largest absolute Gasteiger partial charge is 0.496 e. The lowest BCUT2D eigenvalue weighted by Crippen LogP contribution is -2.02. The molecular formula is C12H10F2O2. The average Bonchev–Trinajstić information content (AvgIpc) is 2.27. The molecule has 0 fully saturated rings. The quantitative estimate of drug-likeness (QED) is 0.794. The summed E-state index contributed by atoms with van der Waals surface area (Å²) in [7, 11) is 1.49. The van der Waals surface area contributed by atoms with Crippen LogP contribution < -0.4 is 9.47 Å². The van der Waals surface area contributed by atoms with E-state index in [1.807, 2.05) is 24.3 Å². The standard InChI is InChI=1S/C12H10F2O2/c1-15-11-7-9(16-12(13)14)6-8-4-2-3-5-10(8)11/h2-7,12H,1H3. The molecule has 2 aromatic rings. The van der Waals surface area contributed by atoms with E-state index in [1.165, 1.54) is 13.2 Å². The van der Waals surface area contributed by atoms with Crippen molar-refractivity contribution in [1.82, 2.24) is 0 Å². The van der Waals surface area contributed by atoms with Gasteiger partial charge < -0.3 is 9.47 Å². The van der Waals surface area contributed by atoms with Crippen molar-refractivity contribution in [2.24, 2.45) is 0 Å². The first kappa shape index (κ1) is 10.7. The number of alkyl halides is 2. The SMILES string of the molecule is COc1cc(OC(F)F)cc2ccccc12. The number of halogens is 2. The molecule has 0 aliphatic carbocycles. The fraction of sp³-hybridized carbons (Fsp3) is 0.167. The molecule has 0 atom stereocenters. The van der Waals surface area contributed by atoms with Crippen LogP contribution in [0.25, 0.3) is 10.8 Å². The first-order chi connectivity index (χ1) is 7.70. The Kier molecular flexibility index (Phi) is 2.90. The predicted molar refractivity (Wildman–Crippen MR) is 57.1 cm³/mol. The maximum absolute atomic E-state index is 12.1. The topological polar surface area (TPSA) is 18.5 Å². The Bertz CT molecular complexity index is 497. The van der Waals surface area contributed by atoms with Crippen LogP contribution >= 0.6 is 0 Å². The monoisotopic (exact) mass is 224 g/mol. The van der Waals surface area contributed by atoms with Gasteiger partial charge in [0.05, 0.1) is 7.11 Å². The van der Waals surface area contributed by atoms with Gasteiger partial charge >= 0.3 is 6.61 Å². The van der Waals surface area contributed by atoms with Gasteiger partial charge in [0, 0.05) is 11.5 Å². The molecule has 2 aromatic carbocycles. The molecule has 0 aliphatic rings. The van der Waals surface area contributed by atoms with Crippen LogP contribution in [0.15, 0.2) is 36.4 Å². The minimum absolute atomic E-state index is 0.102. The van der Waals surface area contributed by atoms with Crippen LogP contribution in [0.3, 0.4) is 0 Å². The van der Waals surface area contributed by atoms with E-state index in [0.29, 0.717) is 5.75 Å². The number of hydrogen-bond donors (Lipinski definition) is 0. The molecule has 0 amide bonds. The fourth-order valence-corrected chi connectivity index (χ4v) is 1.59. The van der Waals surface area contributed by atoms with E-state index in [-0.39, 0.29) is 5.75 Å². The zero-order chi connectivity index (χ0) is 11.5. The van der Waals surface area contributed by atoms with E-state index < -0.39 is 6.61 Å². The smallest absolute Gasteiger partial charge is 0.387 e. The molecule has 2 nitrogen and oxygen atoms in total. The van der Waals surface area contributed by atoms with Crippen LogP contribution in [0.2, 0.25) is 0 Å². The minimum Gasteiger partial charge on any atom is -0.496 e. The van der Waals surface area contributed by atoms with Gasteiger partial charge in [-0.05, 0) is 11.5 Å². The summed E-state index contributed by atoms with van der Waals surface area (Å²) in [6.07, 6.45) is 0. The van der Waals surface area contributed by atoms with Gasteiger partial charge in [0.15, 0.2) is 0 Å². The van der Waals surface area contributed by atoms with Crippen molar-refractivity contribution in [3.8, 4) is 11.5 Å². The summed E-state index contributed by atoms with van der Waals surface area (Å²) in [5.41, 5.74) is 0. The molecule has 0 radical (unpaired) electrons. The first-order valence-electron chi connectivity index (χ1n) is 4.72. The maximum atomic E-state index is 12.1. The van der Waals surface area contributed by atoms with Gasteiger partial charge in [-0.1, -0.05) is 24.3 Å². The lowest BCUT2D eigenvalue weighted by Gasteiger charge is -2.09. The molecule has 0 aromatic heterocycles. The van der Waals surface area contributed by atoms with Crippen LogP contribution in [0.5, 0.6) is 11.5 Å². The third-order valence-electron chi connectivity index (χ3n) is 2.24. The molecule has 4 heteroatoms. The Hall–Kier alpha value is -1.84. The van der Waals surface area contributed by atoms with E-state index >= 15 is 0 Å². The number of rotatable bonds is 3. The van der Waals surface area contributed by atoms with Crippen LogP contribution in [-0.4, -0.2) is 13.7 Å². The van der Waals surface area contributed by atoms with E-state index in [9.17, 15) is 8.78 Å². The van der Waals surface area contributed by atoms with E-state index in [0.717, 1.165) is 10.8 Å². The van der Waals surface area contributed by atoms with Gasteiger partial charge in [0.1, 0.15) is 11.5 Å². The Morgan fingerprint density at radius 1 is 1.12 bits per heavy atom. The van der Waals surface area contributed by atoms with Gasteiger partial charge in [-0.15, -0.1) is 0 Å². The molecule has 16 heavy (non-hydrogen) atoms. The van der Waals surface area contributed by atoms with Gasteiger partial charge in [0.25, 0.3) is 0 Å². The highest BCUT2D eigenvalue weighted by Gasteiger charge is 2.08. The second-order valence-electron chi connectivity index (χ2n) is 3.23. The van der Waals surface area contributed by atoms with Crippen LogP contribution in [0.4, 0.5) is 8.78 Å². The van der Waals surface area contributed by atoms with E-state index in [1.54, 1.807) is 6.07 Å². The lowest BCUT2D eigenvalue weighted by atomic mass is 10.1. The van der Waals surface area contributed by atoms with E-state index in [4.69, 9.17) is 4.74 Å². The van der Waals surface area contributed by atoms with Gasteiger partial charge in [-0.25, -0.2) is 0 Å². The van der Waals surface area contributed by atoms with Crippen molar-refractivity contribution in [2.45, 2.75) is 6.61 Å². The summed E-state index contributed by atoms with van der Waals surface area (Å²) < 4.78 is 33.7. The van der Waals surface area contributed by atoms with Gasteiger partial charge in [-0.3, -0.25) is 0 Å². The second kappa shape index (κ2) is 4.35. The molecule has 0 bridgehead atoms. The summed E-state index contributed by atoms with van der Waals surface area (Å²) in [6, 6.07) is 10.4. The Morgan fingerprint density at radius 3 is 2.56 bits per heavy atom. The van der Waals surface area contributed by atoms with E-state index in [2.05, 4.69) is 4.74 Å². The molecule has 0 saturated heterocycles. The third-order valence-corrected chi connectivity index (χ3v) is 2.24. The zero-order valence-corrected chi connectivity index (χ0v) is 8.61. The summed E-state index contributed by atoms with van der Waals surface area (Å²) in [5, 5.41) is 1.67. The van der Waals surface area contributed by atoms with Crippen molar-refractivity contribution in [2.75, 3.05) is 7.11 Å². The number of benzene rings is 2. The minimum atomic E-state index is -2.83. The highest BCUT2D eigenvalue weighted by atomic mass is 19.3. The normalized spacial score (nSPS) is 10.8. The van der Waals surface area contributed by atoms with Crippen molar-refractivity contribution < 1.29 is 18.3 Å². The summed E-state index contributed by atoms with van der Waals surface area (Å²) in [5.74, 6) is 0.624. The number of methoxy groups -OCH3 is 1. The van der Waals surface area contributed by atoms with Crippen molar-refractivity contribution in [3.05, 3.63) is 36.4 Å².